The van der Waals surface area contributed by atoms with Crippen molar-refractivity contribution in [3.63, 3.8) is 0 Å². The molecular formula is C22H21F5O3S. The van der Waals surface area contributed by atoms with Crippen LogP contribution in [-0.2, 0) is 20.8 Å². The second-order valence-corrected chi connectivity index (χ2v) is 10.4. The Kier molecular flexibility index (Phi) is 5.31. The van der Waals surface area contributed by atoms with Gasteiger partial charge in [-0.05, 0) is 61.6 Å². The molecule has 3 nitrogen and oxygen atoms in total. The van der Waals surface area contributed by atoms with Gasteiger partial charge in [0.25, 0.3) is 0 Å². The molecule has 168 valence electrons. The highest BCUT2D eigenvalue weighted by molar-refractivity contribution is 7.92. The van der Waals surface area contributed by atoms with Crippen molar-refractivity contribution in [2.75, 3.05) is 6.61 Å². The van der Waals surface area contributed by atoms with Gasteiger partial charge in [0.15, 0.2) is 21.4 Å². The molecule has 0 saturated heterocycles. The normalized spacial score (nSPS) is 26.0. The van der Waals surface area contributed by atoms with Gasteiger partial charge in [-0.1, -0.05) is 13.3 Å². The van der Waals surface area contributed by atoms with Crippen LogP contribution >= 0.6 is 0 Å². The van der Waals surface area contributed by atoms with Gasteiger partial charge in [0.05, 0.1) is 22.6 Å². The van der Waals surface area contributed by atoms with Crippen LogP contribution in [0.25, 0.3) is 0 Å². The van der Waals surface area contributed by atoms with E-state index in [1.54, 1.807) is 0 Å². The van der Waals surface area contributed by atoms with Crippen LogP contribution in [0.15, 0.2) is 41.3 Å². The fourth-order valence-electron chi connectivity index (χ4n) is 5.01. The van der Waals surface area contributed by atoms with Gasteiger partial charge in [0.2, 0.25) is 0 Å². The van der Waals surface area contributed by atoms with E-state index >= 15 is 4.39 Å². The summed E-state index contributed by atoms with van der Waals surface area (Å²) in [6.07, 6.45) is -2.88. The van der Waals surface area contributed by atoms with Crippen molar-refractivity contribution in [1.29, 1.82) is 0 Å². The molecule has 1 fully saturated rings. The van der Waals surface area contributed by atoms with Crippen LogP contribution in [0.3, 0.4) is 0 Å². The molecule has 0 spiro atoms. The first-order valence-electron chi connectivity index (χ1n) is 10.1. The van der Waals surface area contributed by atoms with Crippen LogP contribution in [0.1, 0.15) is 43.7 Å². The zero-order valence-corrected chi connectivity index (χ0v) is 17.5. The molecule has 1 aliphatic heterocycles. The lowest BCUT2D eigenvalue weighted by atomic mass is 9.68. The molecule has 1 saturated carbocycles. The number of rotatable bonds is 3. The Labute approximate surface area is 177 Å². The maximum absolute atomic E-state index is 15.1. The van der Waals surface area contributed by atoms with E-state index < -0.39 is 49.6 Å². The predicted octanol–water partition coefficient (Wildman–Crippen LogP) is 5.87. The van der Waals surface area contributed by atoms with Gasteiger partial charge in [-0.3, -0.25) is 0 Å². The summed E-state index contributed by atoms with van der Waals surface area (Å²) in [4.78, 5) is -0.350. The van der Waals surface area contributed by atoms with Crippen molar-refractivity contribution < 1.29 is 35.1 Å². The van der Waals surface area contributed by atoms with E-state index in [0.717, 1.165) is 30.7 Å². The van der Waals surface area contributed by atoms with Crippen molar-refractivity contribution in [3.05, 3.63) is 59.2 Å². The van der Waals surface area contributed by atoms with E-state index in [1.165, 1.54) is 0 Å². The summed E-state index contributed by atoms with van der Waals surface area (Å²) in [6, 6.07) is 4.92. The number of halogens is 5. The summed E-state index contributed by atoms with van der Waals surface area (Å²) >= 11 is 0. The number of fused-ring (bicyclic) bond motifs is 3. The molecule has 2 aromatic carbocycles. The quantitative estimate of drug-likeness (QED) is 0.538. The van der Waals surface area contributed by atoms with Gasteiger partial charge in [-0.15, -0.1) is 0 Å². The van der Waals surface area contributed by atoms with Gasteiger partial charge in [-0.2, -0.15) is 13.2 Å². The lowest BCUT2D eigenvalue weighted by molar-refractivity contribution is -0.137. The molecule has 1 heterocycles. The third-order valence-electron chi connectivity index (χ3n) is 6.66. The number of ether oxygens (including phenoxy) is 1. The molecule has 0 aromatic heterocycles. The molecule has 9 heteroatoms. The van der Waals surface area contributed by atoms with Gasteiger partial charge in [0, 0.05) is 5.92 Å². The van der Waals surface area contributed by atoms with Crippen molar-refractivity contribution in [1.82, 2.24) is 0 Å². The molecule has 0 N–H and O–H groups in total. The molecule has 4 rings (SSSR count). The smallest absolute Gasteiger partial charge is 0.416 e. The van der Waals surface area contributed by atoms with Crippen molar-refractivity contribution >= 4 is 9.84 Å². The average Bonchev–Trinajstić information content (AvgIpc) is 2.74. The molecule has 0 radical (unpaired) electrons. The number of alkyl halides is 3. The van der Waals surface area contributed by atoms with Crippen LogP contribution in [0.4, 0.5) is 22.0 Å². The minimum Gasteiger partial charge on any atom is -0.490 e. The Hall–Kier alpha value is -2.16. The van der Waals surface area contributed by atoms with Gasteiger partial charge >= 0.3 is 6.18 Å². The Morgan fingerprint density at radius 2 is 1.71 bits per heavy atom. The minimum absolute atomic E-state index is 0.0380. The standard InChI is InChI=1S/C22H21F5O3S/c1-2-13-9-10-21(31(28,29)16-5-3-14(4-6-16)22(25,26)27)15(11-13)12-30-20-18(24)8-7-17(23)19(20)21/h3-8,13,15H,2,9-12H2,1H3/t13-,15-,21+/m1/s1. The van der Waals surface area contributed by atoms with Crippen molar-refractivity contribution in [2.45, 2.75) is 48.4 Å². The van der Waals surface area contributed by atoms with E-state index in [1.807, 2.05) is 6.92 Å². The monoisotopic (exact) mass is 460 g/mol. The Balaban J connectivity index is 1.93. The van der Waals surface area contributed by atoms with E-state index in [4.69, 9.17) is 4.74 Å². The highest BCUT2D eigenvalue weighted by Crippen LogP contribution is 2.57. The Morgan fingerprint density at radius 1 is 1.06 bits per heavy atom. The third-order valence-corrected chi connectivity index (χ3v) is 9.25. The molecule has 0 amide bonds. The Bertz CT molecular complexity index is 1100. The zero-order chi connectivity index (χ0) is 22.6. The molecule has 31 heavy (non-hydrogen) atoms. The van der Waals surface area contributed by atoms with Crippen LogP contribution in [-0.4, -0.2) is 15.0 Å². The summed E-state index contributed by atoms with van der Waals surface area (Å²) < 4.78 is 99.9. The summed E-state index contributed by atoms with van der Waals surface area (Å²) in [7, 11) is -4.38. The highest BCUT2D eigenvalue weighted by Gasteiger charge is 2.59. The molecule has 2 aromatic rings. The van der Waals surface area contributed by atoms with E-state index in [9.17, 15) is 26.0 Å². The number of benzene rings is 2. The first-order chi connectivity index (χ1) is 14.5. The number of sulfone groups is 1. The molecule has 2 aliphatic rings. The fraction of sp³-hybridized carbons (Fsp3) is 0.455. The largest absolute Gasteiger partial charge is 0.490 e. The number of hydrogen-bond acceptors (Lipinski definition) is 3. The fourth-order valence-corrected chi connectivity index (χ4v) is 7.37. The van der Waals surface area contributed by atoms with Crippen LogP contribution in [0, 0.1) is 23.5 Å². The summed E-state index contributed by atoms with van der Waals surface area (Å²) in [6.45, 7) is 1.86. The SMILES string of the molecule is CC[C@@H]1CC[C@@]2(S(=O)(=O)c3ccc(C(F)(F)F)cc3)c3c(F)ccc(F)c3OC[C@H]2C1. The second kappa shape index (κ2) is 7.46. The Morgan fingerprint density at radius 3 is 2.32 bits per heavy atom. The van der Waals surface area contributed by atoms with E-state index in [2.05, 4.69) is 0 Å². The van der Waals surface area contributed by atoms with Crippen molar-refractivity contribution in [3.8, 4) is 5.75 Å². The first-order valence-corrected chi connectivity index (χ1v) is 11.5. The summed E-state index contributed by atoms with van der Waals surface area (Å²) in [5.74, 6) is -2.65. The molecular weight excluding hydrogens is 439 g/mol. The third kappa shape index (κ3) is 3.32. The molecule has 1 aliphatic carbocycles. The van der Waals surface area contributed by atoms with Gasteiger partial charge in [-0.25, -0.2) is 17.2 Å². The lowest BCUT2D eigenvalue weighted by Crippen LogP contribution is -2.52. The molecule has 3 atom stereocenters. The summed E-state index contributed by atoms with van der Waals surface area (Å²) in [5.41, 5.74) is -1.34. The van der Waals surface area contributed by atoms with E-state index in [-0.39, 0.29) is 29.4 Å². The van der Waals surface area contributed by atoms with Gasteiger partial charge < -0.3 is 4.74 Å². The number of hydrogen-bond donors (Lipinski definition) is 0. The van der Waals surface area contributed by atoms with Crippen LogP contribution in [0.5, 0.6) is 5.75 Å². The predicted molar refractivity (Wildman–Crippen MR) is 103 cm³/mol. The topological polar surface area (TPSA) is 43.4 Å². The maximum Gasteiger partial charge on any atom is 0.416 e. The average molecular weight is 460 g/mol. The lowest BCUT2D eigenvalue weighted by Gasteiger charge is -2.49. The second-order valence-electron chi connectivity index (χ2n) is 8.20. The highest BCUT2D eigenvalue weighted by atomic mass is 32.2. The first kappa shape index (κ1) is 22.0. The van der Waals surface area contributed by atoms with Gasteiger partial charge in [0.1, 0.15) is 10.6 Å². The summed E-state index contributed by atoms with van der Waals surface area (Å²) in [5, 5.41) is 0. The maximum atomic E-state index is 15.1. The van der Waals surface area contributed by atoms with Crippen LogP contribution < -0.4 is 4.74 Å². The molecule has 0 bridgehead atoms. The van der Waals surface area contributed by atoms with Crippen molar-refractivity contribution in [2.24, 2.45) is 11.8 Å². The zero-order valence-electron chi connectivity index (χ0n) is 16.7. The minimum atomic E-state index is -4.62. The van der Waals surface area contributed by atoms with Crippen LogP contribution in [0.2, 0.25) is 0 Å². The molecule has 0 unspecified atom stereocenters. The van der Waals surface area contributed by atoms with E-state index in [0.29, 0.717) is 25.0 Å².